The van der Waals surface area contributed by atoms with Gasteiger partial charge in [-0.05, 0) is 45.1 Å². The van der Waals surface area contributed by atoms with Gasteiger partial charge in [0.2, 0.25) is 11.8 Å². The summed E-state index contributed by atoms with van der Waals surface area (Å²) in [6, 6.07) is 6.52. The molecule has 15 heteroatoms. The minimum atomic E-state index is -1.48. The molecule has 0 aliphatic heterocycles. The summed E-state index contributed by atoms with van der Waals surface area (Å²) >= 11 is 0. The van der Waals surface area contributed by atoms with Crippen molar-refractivity contribution >= 4 is 41.5 Å². The van der Waals surface area contributed by atoms with Gasteiger partial charge in [-0.1, -0.05) is 30.8 Å². The Bertz CT molecular complexity index is 1190. The quantitative estimate of drug-likeness (QED) is 0.0221. The molecule has 0 bridgehead atoms. The van der Waals surface area contributed by atoms with Crippen molar-refractivity contribution in [3.05, 3.63) is 48.0 Å². The first-order valence-corrected chi connectivity index (χ1v) is 14.6. The summed E-state index contributed by atoms with van der Waals surface area (Å²) in [7, 11) is 0. The number of benzene rings is 1. The standard InChI is InChI=1S/C31H42N2O13/c1-4-26(36)43-18-19-44-27(37)8-6-5-7-16-42-28(38)20-24(34)32-14-15-33-25(35)21-29(39)46-45-17-13-22-9-11-23(12-10-22)30(40)31(2,3)41/h4,9-12,41H,1,5-8,13-21H2,2-3H3,(H,32,34)(H,33,35). The summed E-state index contributed by atoms with van der Waals surface area (Å²) in [5, 5.41) is 14.7. The molecule has 0 aromatic heterocycles. The van der Waals surface area contributed by atoms with E-state index in [1.165, 1.54) is 13.8 Å². The van der Waals surface area contributed by atoms with E-state index in [9.17, 15) is 38.7 Å². The molecule has 1 aromatic carbocycles. The number of amides is 2. The van der Waals surface area contributed by atoms with Crippen LogP contribution in [0.15, 0.2) is 36.9 Å². The van der Waals surface area contributed by atoms with Gasteiger partial charge in [0.15, 0.2) is 5.78 Å². The maximum absolute atomic E-state index is 12.0. The van der Waals surface area contributed by atoms with Gasteiger partial charge in [-0.25, -0.2) is 9.59 Å². The van der Waals surface area contributed by atoms with E-state index < -0.39 is 59.9 Å². The van der Waals surface area contributed by atoms with Gasteiger partial charge < -0.3 is 30.0 Å². The molecule has 0 aliphatic rings. The normalized spacial score (nSPS) is 10.7. The van der Waals surface area contributed by atoms with E-state index in [1.807, 2.05) is 0 Å². The van der Waals surface area contributed by atoms with Gasteiger partial charge in [-0.2, -0.15) is 4.89 Å². The van der Waals surface area contributed by atoms with Crippen LogP contribution in [0, 0.1) is 0 Å². The predicted molar refractivity (Wildman–Crippen MR) is 160 cm³/mol. The summed E-state index contributed by atoms with van der Waals surface area (Å²) < 4.78 is 14.6. The molecule has 254 valence electrons. The third-order valence-electron chi connectivity index (χ3n) is 5.82. The second-order valence-electron chi connectivity index (χ2n) is 10.3. The van der Waals surface area contributed by atoms with Crippen molar-refractivity contribution in [3.8, 4) is 0 Å². The summed E-state index contributed by atoms with van der Waals surface area (Å²) in [5.74, 6) is -4.36. The van der Waals surface area contributed by atoms with Gasteiger partial charge >= 0.3 is 23.9 Å². The molecule has 0 saturated carbocycles. The van der Waals surface area contributed by atoms with Gasteiger partial charge in [-0.3, -0.25) is 28.9 Å². The van der Waals surface area contributed by atoms with Gasteiger partial charge in [0.05, 0.1) is 13.2 Å². The molecule has 46 heavy (non-hydrogen) atoms. The Morgan fingerprint density at radius 1 is 0.761 bits per heavy atom. The average molecular weight is 651 g/mol. The van der Waals surface area contributed by atoms with Crippen LogP contribution in [0.5, 0.6) is 0 Å². The molecule has 0 saturated heterocycles. The third-order valence-corrected chi connectivity index (χ3v) is 5.82. The molecule has 0 radical (unpaired) electrons. The zero-order valence-electron chi connectivity index (χ0n) is 26.1. The number of carbonyl (C=O) groups is 7. The van der Waals surface area contributed by atoms with Gasteiger partial charge in [-0.15, -0.1) is 0 Å². The fraction of sp³-hybridized carbons (Fsp3) is 0.516. The molecule has 0 atom stereocenters. The molecule has 1 rings (SSSR count). The van der Waals surface area contributed by atoms with Gasteiger partial charge in [0.25, 0.3) is 0 Å². The maximum Gasteiger partial charge on any atom is 0.351 e. The smallest absolute Gasteiger partial charge is 0.351 e. The minimum absolute atomic E-state index is 0.00211. The average Bonchev–Trinajstić information content (AvgIpc) is 3.00. The Morgan fingerprint density at radius 2 is 1.35 bits per heavy atom. The lowest BCUT2D eigenvalue weighted by Crippen LogP contribution is -2.36. The highest BCUT2D eigenvalue weighted by molar-refractivity contribution is 6.01. The third kappa shape index (κ3) is 18.9. The number of unbranched alkanes of at least 4 members (excludes halogenated alkanes) is 2. The highest BCUT2D eigenvalue weighted by atomic mass is 17.2. The lowest BCUT2D eigenvalue weighted by molar-refractivity contribution is -0.271. The van der Waals surface area contributed by atoms with Crippen LogP contribution in [0.2, 0.25) is 0 Å². The molecule has 0 spiro atoms. The van der Waals surface area contributed by atoms with Crippen LogP contribution in [-0.4, -0.2) is 91.7 Å². The zero-order chi connectivity index (χ0) is 34.4. The zero-order valence-corrected chi connectivity index (χ0v) is 26.1. The van der Waals surface area contributed by atoms with Crippen LogP contribution in [0.25, 0.3) is 0 Å². The Kier molecular flexibility index (Phi) is 18.8. The molecular formula is C31H42N2O13. The van der Waals surface area contributed by atoms with Crippen molar-refractivity contribution in [2.45, 2.75) is 64.4 Å². The number of Topliss-reactive ketones (excluding diaryl/α,β-unsaturated/α-hetero) is 1. The fourth-order valence-electron chi connectivity index (χ4n) is 3.48. The number of ether oxygens (including phenoxy) is 3. The van der Waals surface area contributed by atoms with E-state index in [0.29, 0.717) is 31.2 Å². The molecule has 2 amide bonds. The number of carbonyl (C=O) groups excluding carboxylic acids is 7. The van der Waals surface area contributed by atoms with Crippen LogP contribution in [0.4, 0.5) is 0 Å². The minimum Gasteiger partial charge on any atom is -0.465 e. The monoisotopic (exact) mass is 650 g/mol. The van der Waals surface area contributed by atoms with Crippen LogP contribution >= 0.6 is 0 Å². The number of esters is 3. The SMILES string of the molecule is C=CC(=O)OCCOC(=O)CCCCCOC(=O)CC(=O)NCCNC(=O)CC(=O)OOCCc1ccc(C(=O)C(C)(C)O)cc1. The van der Waals surface area contributed by atoms with Crippen molar-refractivity contribution in [3.63, 3.8) is 0 Å². The molecule has 0 heterocycles. The maximum atomic E-state index is 12.0. The number of hydrogen-bond donors (Lipinski definition) is 3. The Labute approximate surface area is 266 Å². The lowest BCUT2D eigenvalue weighted by atomic mass is 9.96. The number of rotatable bonds is 23. The second kappa shape index (κ2) is 22.0. The van der Waals surface area contributed by atoms with Crippen molar-refractivity contribution in [2.24, 2.45) is 0 Å². The summed E-state index contributed by atoms with van der Waals surface area (Å²) in [6.07, 6.45) is 1.99. The second-order valence-corrected chi connectivity index (χ2v) is 10.3. The van der Waals surface area contributed by atoms with E-state index in [-0.39, 0.29) is 45.9 Å². The van der Waals surface area contributed by atoms with E-state index in [0.717, 1.165) is 11.6 Å². The Hall–Kier alpha value is -4.63. The number of nitrogens with one attached hydrogen (secondary N) is 2. The molecular weight excluding hydrogens is 608 g/mol. The van der Waals surface area contributed by atoms with E-state index in [1.54, 1.807) is 24.3 Å². The van der Waals surface area contributed by atoms with E-state index in [2.05, 4.69) is 26.8 Å². The van der Waals surface area contributed by atoms with Crippen molar-refractivity contribution in [1.82, 2.24) is 10.6 Å². The molecule has 0 aliphatic carbocycles. The van der Waals surface area contributed by atoms with Crippen molar-refractivity contribution in [1.29, 1.82) is 0 Å². The van der Waals surface area contributed by atoms with Crippen LogP contribution in [0.3, 0.4) is 0 Å². The van der Waals surface area contributed by atoms with Crippen LogP contribution in [0.1, 0.15) is 68.3 Å². The molecule has 15 nitrogen and oxygen atoms in total. The highest BCUT2D eigenvalue weighted by Crippen LogP contribution is 2.14. The number of ketones is 1. The first-order valence-electron chi connectivity index (χ1n) is 14.6. The Morgan fingerprint density at radius 3 is 1.96 bits per heavy atom. The Balaban J connectivity index is 2.04. The van der Waals surface area contributed by atoms with Crippen LogP contribution < -0.4 is 10.6 Å². The van der Waals surface area contributed by atoms with Crippen molar-refractivity contribution < 1.29 is 62.7 Å². The van der Waals surface area contributed by atoms with Crippen LogP contribution in [-0.2, 0) is 59.2 Å². The molecule has 0 unspecified atom stereocenters. The van der Waals surface area contributed by atoms with E-state index >= 15 is 0 Å². The highest BCUT2D eigenvalue weighted by Gasteiger charge is 2.25. The lowest BCUT2D eigenvalue weighted by Gasteiger charge is -2.15. The molecule has 3 N–H and O–H groups in total. The first-order chi connectivity index (χ1) is 21.8. The first kappa shape index (κ1) is 39.4. The number of aliphatic hydroxyl groups is 1. The fourth-order valence-corrected chi connectivity index (χ4v) is 3.48. The largest absolute Gasteiger partial charge is 0.465 e. The topological polar surface area (TPSA) is 210 Å². The summed E-state index contributed by atoms with van der Waals surface area (Å²) in [5.41, 5.74) is -0.318. The summed E-state index contributed by atoms with van der Waals surface area (Å²) in [6.45, 7) is 6.05. The number of hydrogen-bond acceptors (Lipinski definition) is 13. The van der Waals surface area contributed by atoms with Gasteiger partial charge in [0, 0.05) is 31.1 Å². The molecule has 0 fully saturated rings. The van der Waals surface area contributed by atoms with E-state index in [4.69, 9.17) is 14.4 Å². The predicted octanol–water partition coefficient (Wildman–Crippen LogP) is 1.05. The van der Waals surface area contributed by atoms with Crippen molar-refractivity contribution in [2.75, 3.05) is 39.5 Å². The van der Waals surface area contributed by atoms with Gasteiger partial charge in [0.1, 0.15) is 31.7 Å². The molecule has 1 aromatic rings. The summed E-state index contributed by atoms with van der Waals surface area (Å²) in [4.78, 5) is 91.2.